The maximum Gasteiger partial charge on any atom is 0.340 e. The molecule has 0 unspecified atom stereocenters. The largest absolute Gasteiger partial charge is 0.465 e. The maximum atomic E-state index is 11.4. The number of esters is 1. The van der Waals surface area contributed by atoms with Gasteiger partial charge in [0.05, 0.1) is 18.4 Å². The van der Waals surface area contributed by atoms with E-state index in [1.165, 1.54) is 13.2 Å². The minimum absolute atomic E-state index is 0.262. The molecule has 1 aromatic rings. The summed E-state index contributed by atoms with van der Waals surface area (Å²) in [6, 6.07) is 3.26. The van der Waals surface area contributed by atoms with Crippen LogP contribution in [0.1, 0.15) is 15.9 Å². The normalized spacial score (nSPS) is 9.27. The van der Waals surface area contributed by atoms with E-state index in [4.69, 9.17) is 0 Å². The summed E-state index contributed by atoms with van der Waals surface area (Å²) in [4.78, 5) is 25.1. The highest BCUT2D eigenvalue weighted by Gasteiger charge is 2.16. The predicted molar refractivity (Wildman–Crippen MR) is 58.0 cm³/mol. The molecule has 0 saturated heterocycles. The Kier molecular flexibility index (Phi) is 3.77. The second-order valence-corrected chi connectivity index (χ2v) is 3.62. The van der Waals surface area contributed by atoms with Gasteiger partial charge in [0.15, 0.2) is 0 Å². The Labute approximate surface area is 95.1 Å². The van der Waals surface area contributed by atoms with Crippen molar-refractivity contribution in [3.63, 3.8) is 0 Å². The van der Waals surface area contributed by atoms with Crippen LogP contribution in [0.4, 0.5) is 5.69 Å². The van der Waals surface area contributed by atoms with E-state index in [1.807, 2.05) is 0 Å². The molecule has 0 fully saturated rings. The van der Waals surface area contributed by atoms with E-state index in [2.05, 4.69) is 25.7 Å². The first kappa shape index (κ1) is 11.6. The van der Waals surface area contributed by atoms with Gasteiger partial charge in [0.1, 0.15) is 0 Å². The highest BCUT2D eigenvalue weighted by atomic mass is 79.9. The quantitative estimate of drug-likeness (QED) is 0.471. The standard InChI is InChI=1S/C10H8BrNO3/c1-6-7(11)3-4-8(12-5-13)9(6)10(14)15-2/h3-4H,1-2H3. The molecule has 0 aliphatic carbocycles. The topological polar surface area (TPSA) is 55.7 Å². The molecule has 0 aliphatic rings. The van der Waals surface area contributed by atoms with Gasteiger partial charge in [0.2, 0.25) is 6.08 Å². The van der Waals surface area contributed by atoms with Crippen molar-refractivity contribution in [2.75, 3.05) is 7.11 Å². The summed E-state index contributed by atoms with van der Waals surface area (Å²) in [5.41, 5.74) is 1.21. The van der Waals surface area contributed by atoms with Crippen LogP contribution in [0.2, 0.25) is 0 Å². The number of nitrogens with zero attached hydrogens (tertiary/aromatic N) is 1. The SMILES string of the molecule is COC(=O)c1c(N=C=O)ccc(Br)c1C. The lowest BCUT2D eigenvalue weighted by Crippen LogP contribution is -2.04. The zero-order valence-electron chi connectivity index (χ0n) is 8.20. The molecule has 5 heteroatoms. The van der Waals surface area contributed by atoms with E-state index in [-0.39, 0.29) is 11.3 Å². The van der Waals surface area contributed by atoms with Gasteiger partial charge >= 0.3 is 5.97 Å². The Morgan fingerprint density at radius 3 is 2.73 bits per heavy atom. The van der Waals surface area contributed by atoms with Crippen LogP contribution < -0.4 is 0 Å². The summed E-state index contributed by atoms with van der Waals surface area (Å²) in [5.74, 6) is -0.525. The van der Waals surface area contributed by atoms with Crippen LogP contribution in [0.5, 0.6) is 0 Å². The zero-order chi connectivity index (χ0) is 11.4. The number of hydrogen-bond acceptors (Lipinski definition) is 4. The Morgan fingerprint density at radius 2 is 2.20 bits per heavy atom. The number of isocyanates is 1. The molecule has 0 saturated carbocycles. The fourth-order valence-electron chi connectivity index (χ4n) is 1.17. The van der Waals surface area contributed by atoms with Crippen molar-refractivity contribution in [3.8, 4) is 0 Å². The molecular weight excluding hydrogens is 262 g/mol. The first-order chi connectivity index (χ1) is 7.11. The lowest BCUT2D eigenvalue weighted by molar-refractivity contribution is 0.0601. The monoisotopic (exact) mass is 269 g/mol. The van der Waals surface area contributed by atoms with Crippen LogP contribution in [0.15, 0.2) is 21.6 Å². The molecule has 0 aromatic heterocycles. The number of carbonyl (C=O) groups is 1. The number of carbonyl (C=O) groups excluding carboxylic acids is 2. The molecule has 0 N–H and O–H groups in total. The van der Waals surface area contributed by atoms with Crippen molar-refractivity contribution in [1.82, 2.24) is 0 Å². The molecular formula is C10H8BrNO3. The highest BCUT2D eigenvalue weighted by Crippen LogP contribution is 2.28. The average molecular weight is 270 g/mol. The smallest absolute Gasteiger partial charge is 0.340 e. The van der Waals surface area contributed by atoms with Crippen LogP contribution in [-0.2, 0) is 9.53 Å². The molecule has 1 rings (SSSR count). The maximum absolute atomic E-state index is 11.4. The third-order valence-electron chi connectivity index (χ3n) is 1.93. The Hall–Kier alpha value is -1.45. The number of rotatable bonds is 2. The minimum atomic E-state index is -0.525. The molecule has 0 atom stereocenters. The summed E-state index contributed by atoms with van der Waals surface area (Å²) >= 11 is 3.28. The van der Waals surface area contributed by atoms with Crippen LogP contribution in [0, 0.1) is 6.92 Å². The first-order valence-electron chi connectivity index (χ1n) is 4.07. The molecule has 4 nitrogen and oxygen atoms in total. The van der Waals surface area contributed by atoms with E-state index in [0.29, 0.717) is 5.56 Å². The highest BCUT2D eigenvalue weighted by molar-refractivity contribution is 9.10. The van der Waals surface area contributed by atoms with E-state index in [1.54, 1.807) is 19.1 Å². The summed E-state index contributed by atoms with van der Waals surface area (Å²) in [5, 5.41) is 0. The zero-order valence-corrected chi connectivity index (χ0v) is 9.79. The molecule has 78 valence electrons. The van der Waals surface area contributed by atoms with Crippen molar-refractivity contribution in [2.24, 2.45) is 4.99 Å². The molecule has 15 heavy (non-hydrogen) atoms. The van der Waals surface area contributed by atoms with Crippen LogP contribution in [0.3, 0.4) is 0 Å². The van der Waals surface area contributed by atoms with E-state index in [0.717, 1.165) is 4.47 Å². The predicted octanol–water partition coefficient (Wildman–Crippen LogP) is 2.51. The van der Waals surface area contributed by atoms with Gasteiger partial charge in [-0.1, -0.05) is 15.9 Å². The lowest BCUT2D eigenvalue weighted by Gasteiger charge is -2.07. The van der Waals surface area contributed by atoms with Gasteiger partial charge in [-0.3, -0.25) is 0 Å². The van der Waals surface area contributed by atoms with Gasteiger partial charge in [-0.15, -0.1) is 0 Å². The van der Waals surface area contributed by atoms with Gasteiger partial charge in [-0.25, -0.2) is 9.59 Å². The fraction of sp³-hybridized carbons (Fsp3) is 0.200. The van der Waals surface area contributed by atoms with Crippen molar-refractivity contribution >= 4 is 33.7 Å². The van der Waals surface area contributed by atoms with Gasteiger partial charge < -0.3 is 4.74 Å². The first-order valence-corrected chi connectivity index (χ1v) is 4.86. The Bertz CT molecular complexity index is 450. The Balaban J connectivity index is 3.47. The van der Waals surface area contributed by atoms with Crippen LogP contribution >= 0.6 is 15.9 Å². The number of benzene rings is 1. The number of hydrogen-bond donors (Lipinski definition) is 0. The van der Waals surface area contributed by atoms with Crippen molar-refractivity contribution in [2.45, 2.75) is 6.92 Å². The molecule has 0 radical (unpaired) electrons. The molecule has 0 aliphatic heterocycles. The summed E-state index contributed by atoms with van der Waals surface area (Å²) < 4.78 is 5.37. The third-order valence-corrected chi connectivity index (χ3v) is 2.79. The molecule has 0 heterocycles. The second-order valence-electron chi connectivity index (χ2n) is 2.76. The average Bonchev–Trinajstić information content (AvgIpc) is 2.23. The van der Waals surface area contributed by atoms with Crippen LogP contribution in [-0.4, -0.2) is 19.2 Å². The van der Waals surface area contributed by atoms with Gasteiger partial charge in [-0.05, 0) is 24.6 Å². The van der Waals surface area contributed by atoms with Gasteiger partial charge in [0.25, 0.3) is 0 Å². The number of aliphatic imine (C=N–C) groups is 1. The minimum Gasteiger partial charge on any atom is -0.465 e. The molecule has 0 bridgehead atoms. The lowest BCUT2D eigenvalue weighted by atomic mass is 10.1. The fourth-order valence-corrected chi connectivity index (χ4v) is 1.50. The molecule has 0 amide bonds. The van der Waals surface area contributed by atoms with E-state index < -0.39 is 5.97 Å². The number of ether oxygens (including phenoxy) is 1. The summed E-state index contributed by atoms with van der Waals surface area (Å²) in [6.45, 7) is 1.74. The third kappa shape index (κ3) is 2.32. The van der Waals surface area contributed by atoms with Gasteiger partial charge in [0, 0.05) is 4.47 Å². The Morgan fingerprint density at radius 1 is 1.53 bits per heavy atom. The number of halogens is 1. The van der Waals surface area contributed by atoms with Gasteiger partial charge in [-0.2, -0.15) is 4.99 Å². The van der Waals surface area contributed by atoms with E-state index in [9.17, 15) is 9.59 Å². The molecule has 0 spiro atoms. The van der Waals surface area contributed by atoms with Crippen molar-refractivity contribution in [1.29, 1.82) is 0 Å². The number of methoxy groups -OCH3 is 1. The van der Waals surface area contributed by atoms with Crippen molar-refractivity contribution in [3.05, 3.63) is 27.7 Å². The molecule has 1 aromatic carbocycles. The second kappa shape index (κ2) is 4.87. The van der Waals surface area contributed by atoms with Crippen LogP contribution in [0.25, 0.3) is 0 Å². The van der Waals surface area contributed by atoms with Crippen molar-refractivity contribution < 1.29 is 14.3 Å². The summed E-state index contributed by atoms with van der Waals surface area (Å²) in [7, 11) is 1.27. The summed E-state index contributed by atoms with van der Waals surface area (Å²) in [6.07, 6.45) is 1.40. The van der Waals surface area contributed by atoms with E-state index >= 15 is 0 Å².